The largest absolute Gasteiger partial charge is 0.360 e. The molecule has 3 nitrogen and oxygen atoms in total. The van der Waals surface area contributed by atoms with Crippen LogP contribution in [0, 0.1) is 0 Å². The summed E-state index contributed by atoms with van der Waals surface area (Å²) in [5.74, 6) is 0. The van der Waals surface area contributed by atoms with E-state index in [2.05, 4.69) is 23.1 Å². The normalized spacial score (nSPS) is 25.8. The van der Waals surface area contributed by atoms with Crippen molar-refractivity contribution in [3.8, 4) is 0 Å². The molecule has 0 aromatic heterocycles. The van der Waals surface area contributed by atoms with Crippen molar-refractivity contribution < 1.29 is 4.74 Å². The number of hydrogen-bond acceptors (Lipinski definition) is 2. The Morgan fingerprint density at radius 1 is 1.60 bits per heavy atom. The second kappa shape index (κ2) is 4.60. The standard InChI is InChI=1S/C6H11N2OS/c10-5-7-8-6-3-1-2-4-9-6/h5-6H,1-4H2,(H,7,10). The summed E-state index contributed by atoms with van der Waals surface area (Å²) in [6, 6.07) is 0. The molecule has 0 spiro atoms. The lowest BCUT2D eigenvalue weighted by molar-refractivity contribution is -0.0121. The molecular formula is C6H11N2OS. The molecule has 0 aliphatic carbocycles. The molecule has 1 aliphatic rings. The van der Waals surface area contributed by atoms with Gasteiger partial charge in [0.1, 0.15) is 6.23 Å². The molecule has 4 heteroatoms. The van der Waals surface area contributed by atoms with Crippen LogP contribution in [0.15, 0.2) is 0 Å². The highest BCUT2D eigenvalue weighted by molar-refractivity contribution is 7.78. The fraction of sp³-hybridized carbons (Fsp3) is 0.833. The van der Waals surface area contributed by atoms with Crippen molar-refractivity contribution >= 4 is 17.7 Å². The topological polar surface area (TPSA) is 35.4 Å². The molecule has 1 atom stereocenters. The smallest absolute Gasteiger partial charge is 0.144 e. The van der Waals surface area contributed by atoms with Crippen LogP contribution in [-0.4, -0.2) is 18.3 Å². The summed E-state index contributed by atoms with van der Waals surface area (Å²) >= 11 is 4.54. The van der Waals surface area contributed by atoms with Crippen LogP contribution in [0.1, 0.15) is 19.3 Å². The van der Waals surface area contributed by atoms with E-state index < -0.39 is 0 Å². The highest BCUT2D eigenvalue weighted by Gasteiger charge is 2.12. The minimum Gasteiger partial charge on any atom is -0.360 e. The molecule has 1 radical (unpaired) electrons. The van der Waals surface area contributed by atoms with Gasteiger partial charge in [0.25, 0.3) is 0 Å². The average molecular weight is 159 g/mol. The molecule has 1 heterocycles. The summed E-state index contributed by atoms with van der Waals surface area (Å²) in [5.41, 5.74) is 7.96. The molecule has 1 fully saturated rings. The Bertz CT molecular complexity index is 104. The third-order valence-electron chi connectivity index (χ3n) is 1.43. The van der Waals surface area contributed by atoms with Gasteiger partial charge < -0.3 is 4.74 Å². The molecular weight excluding hydrogens is 148 g/mol. The van der Waals surface area contributed by atoms with Gasteiger partial charge in [-0.15, -0.1) is 5.43 Å². The summed E-state index contributed by atoms with van der Waals surface area (Å²) in [6.07, 6.45) is 3.39. The molecule has 1 unspecified atom stereocenters. The van der Waals surface area contributed by atoms with Crippen molar-refractivity contribution in [3.05, 3.63) is 0 Å². The van der Waals surface area contributed by atoms with Crippen LogP contribution in [0.3, 0.4) is 0 Å². The SMILES string of the molecule is S=CN[N]C1CCCCO1. The van der Waals surface area contributed by atoms with Gasteiger partial charge >= 0.3 is 0 Å². The van der Waals surface area contributed by atoms with Crippen molar-refractivity contribution in [1.82, 2.24) is 10.9 Å². The Morgan fingerprint density at radius 2 is 2.50 bits per heavy atom. The molecule has 1 N–H and O–H groups in total. The van der Waals surface area contributed by atoms with Crippen LogP contribution < -0.4 is 10.9 Å². The maximum absolute atomic E-state index is 5.28. The summed E-state index contributed by atoms with van der Waals surface area (Å²) in [7, 11) is 0. The summed E-state index contributed by atoms with van der Waals surface area (Å²) in [4.78, 5) is 0. The Labute approximate surface area is 66.1 Å². The molecule has 1 aliphatic heterocycles. The fourth-order valence-electron chi connectivity index (χ4n) is 0.939. The minimum absolute atomic E-state index is 0.0212. The van der Waals surface area contributed by atoms with Gasteiger partial charge in [-0.25, -0.2) is 0 Å². The van der Waals surface area contributed by atoms with Crippen LogP contribution in [0.2, 0.25) is 0 Å². The first-order valence-corrected chi connectivity index (χ1v) is 3.91. The van der Waals surface area contributed by atoms with Gasteiger partial charge in [0.15, 0.2) is 0 Å². The van der Waals surface area contributed by atoms with Gasteiger partial charge in [-0.05, 0) is 19.3 Å². The average Bonchev–Trinajstić information content (AvgIpc) is 2.03. The molecule has 1 rings (SSSR count). The molecule has 0 aromatic carbocycles. The number of ether oxygens (including phenoxy) is 1. The predicted octanol–water partition coefficient (Wildman–Crippen LogP) is 0.579. The monoisotopic (exact) mass is 159 g/mol. The Hall–Kier alpha value is -0.190. The van der Waals surface area contributed by atoms with Crippen molar-refractivity contribution in [2.45, 2.75) is 25.5 Å². The fourth-order valence-corrected chi connectivity index (χ4v) is 1.000. The second-order valence-corrected chi connectivity index (χ2v) is 2.43. The predicted molar refractivity (Wildman–Crippen MR) is 42.5 cm³/mol. The molecule has 0 bridgehead atoms. The van der Waals surface area contributed by atoms with E-state index in [-0.39, 0.29) is 6.23 Å². The van der Waals surface area contributed by atoms with Gasteiger partial charge in [0.2, 0.25) is 0 Å². The molecule has 0 saturated carbocycles. The second-order valence-electron chi connectivity index (χ2n) is 2.20. The van der Waals surface area contributed by atoms with Gasteiger partial charge in [0, 0.05) is 6.61 Å². The number of thiocarbonyl (C=S) groups is 1. The first kappa shape index (κ1) is 7.91. The Morgan fingerprint density at radius 3 is 3.10 bits per heavy atom. The maximum Gasteiger partial charge on any atom is 0.144 e. The zero-order chi connectivity index (χ0) is 7.23. The first-order chi connectivity index (χ1) is 4.93. The van der Waals surface area contributed by atoms with Crippen molar-refractivity contribution in [2.75, 3.05) is 6.61 Å². The molecule has 0 aromatic rings. The van der Waals surface area contributed by atoms with Crippen molar-refractivity contribution in [2.24, 2.45) is 0 Å². The molecule has 10 heavy (non-hydrogen) atoms. The van der Waals surface area contributed by atoms with Crippen LogP contribution >= 0.6 is 12.2 Å². The van der Waals surface area contributed by atoms with E-state index in [1.807, 2.05) is 0 Å². The quantitative estimate of drug-likeness (QED) is 0.483. The lowest BCUT2D eigenvalue weighted by atomic mass is 10.2. The van der Waals surface area contributed by atoms with E-state index in [0.717, 1.165) is 19.4 Å². The van der Waals surface area contributed by atoms with E-state index in [0.29, 0.717) is 0 Å². The lowest BCUT2D eigenvalue weighted by Gasteiger charge is -2.20. The Kier molecular flexibility index (Phi) is 3.64. The number of nitrogens with zero attached hydrogens (tertiary/aromatic N) is 1. The number of rotatable bonds is 3. The van der Waals surface area contributed by atoms with Crippen LogP contribution in [-0.2, 0) is 4.74 Å². The third kappa shape index (κ3) is 2.60. The van der Waals surface area contributed by atoms with E-state index in [9.17, 15) is 0 Å². The highest BCUT2D eigenvalue weighted by Crippen LogP contribution is 2.09. The zero-order valence-corrected chi connectivity index (χ0v) is 6.56. The van der Waals surface area contributed by atoms with Gasteiger partial charge in [-0.2, -0.15) is 0 Å². The number of nitrogens with one attached hydrogen (secondary N) is 1. The highest BCUT2D eigenvalue weighted by atomic mass is 32.1. The van der Waals surface area contributed by atoms with Gasteiger partial charge in [-0.3, -0.25) is 5.43 Å². The first-order valence-electron chi connectivity index (χ1n) is 3.44. The lowest BCUT2D eigenvalue weighted by Crippen LogP contribution is -2.36. The molecule has 1 saturated heterocycles. The van der Waals surface area contributed by atoms with Gasteiger partial charge in [-0.1, -0.05) is 12.2 Å². The van der Waals surface area contributed by atoms with Gasteiger partial charge in [0.05, 0.1) is 5.49 Å². The summed E-state index contributed by atoms with van der Waals surface area (Å²) in [5, 5.41) is 0. The van der Waals surface area contributed by atoms with E-state index in [4.69, 9.17) is 4.74 Å². The summed E-state index contributed by atoms with van der Waals surface area (Å²) in [6.45, 7) is 0.827. The number of hydrogen-bond donors (Lipinski definition) is 1. The third-order valence-corrected chi connectivity index (χ3v) is 1.53. The van der Waals surface area contributed by atoms with Crippen LogP contribution in [0.5, 0.6) is 0 Å². The minimum atomic E-state index is 0.0212. The Balaban J connectivity index is 2.07. The van der Waals surface area contributed by atoms with E-state index in [1.54, 1.807) is 0 Å². The maximum atomic E-state index is 5.28. The van der Waals surface area contributed by atoms with E-state index >= 15 is 0 Å². The van der Waals surface area contributed by atoms with Crippen LogP contribution in [0.4, 0.5) is 0 Å². The van der Waals surface area contributed by atoms with E-state index in [1.165, 1.54) is 11.9 Å². The molecule has 57 valence electrons. The van der Waals surface area contributed by atoms with Crippen LogP contribution in [0.25, 0.3) is 0 Å². The molecule has 0 amide bonds. The zero-order valence-electron chi connectivity index (χ0n) is 5.75. The van der Waals surface area contributed by atoms with Crippen molar-refractivity contribution in [1.29, 1.82) is 0 Å². The summed E-state index contributed by atoms with van der Waals surface area (Å²) < 4.78 is 5.28. The van der Waals surface area contributed by atoms with Crippen molar-refractivity contribution in [3.63, 3.8) is 0 Å².